The van der Waals surface area contributed by atoms with E-state index in [-0.39, 0.29) is 23.0 Å². The number of nitrogens with zero attached hydrogens (tertiary/aromatic N) is 1. The van der Waals surface area contributed by atoms with Crippen molar-refractivity contribution in [2.45, 2.75) is 25.1 Å². The number of fused-ring (bicyclic) bond motifs is 1. The van der Waals surface area contributed by atoms with Gasteiger partial charge in [-0.2, -0.15) is 18.4 Å². The Labute approximate surface area is 131 Å². The summed E-state index contributed by atoms with van der Waals surface area (Å²) in [6.45, 7) is 0. The molecule has 0 aliphatic heterocycles. The number of rotatable bonds is 2. The van der Waals surface area contributed by atoms with Crippen molar-refractivity contribution in [3.8, 4) is 11.8 Å². The molecule has 3 rings (SSSR count). The fourth-order valence-corrected chi connectivity index (χ4v) is 2.95. The lowest BCUT2D eigenvalue weighted by Gasteiger charge is -2.20. The molecule has 0 bridgehead atoms. The average molecular weight is 318 g/mol. The number of nitriles is 1. The van der Waals surface area contributed by atoms with E-state index in [1.54, 1.807) is 18.2 Å². The minimum atomic E-state index is -4.50. The first-order valence-corrected chi connectivity index (χ1v) is 7.09. The van der Waals surface area contributed by atoms with Crippen molar-refractivity contribution in [1.29, 1.82) is 5.26 Å². The van der Waals surface area contributed by atoms with Crippen LogP contribution < -0.4 is 5.32 Å². The van der Waals surface area contributed by atoms with Crippen LogP contribution in [0.5, 0.6) is 5.75 Å². The summed E-state index contributed by atoms with van der Waals surface area (Å²) in [6.07, 6.45) is -3.32. The highest BCUT2D eigenvalue weighted by Crippen LogP contribution is 2.41. The topological polar surface area (TPSA) is 56.0 Å². The zero-order valence-corrected chi connectivity index (χ0v) is 12.0. The van der Waals surface area contributed by atoms with Gasteiger partial charge < -0.3 is 10.4 Å². The van der Waals surface area contributed by atoms with E-state index in [0.717, 1.165) is 23.3 Å². The molecule has 0 heterocycles. The van der Waals surface area contributed by atoms with Crippen molar-refractivity contribution in [2.24, 2.45) is 0 Å². The van der Waals surface area contributed by atoms with E-state index in [1.807, 2.05) is 6.07 Å². The maximum atomic E-state index is 13.2. The molecule has 23 heavy (non-hydrogen) atoms. The van der Waals surface area contributed by atoms with Gasteiger partial charge in [0.15, 0.2) is 0 Å². The Bertz CT molecular complexity index is 793. The maximum Gasteiger partial charge on any atom is 0.418 e. The molecule has 0 saturated carbocycles. The highest BCUT2D eigenvalue weighted by Gasteiger charge is 2.35. The van der Waals surface area contributed by atoms with Gasteiger partial charge in [-0.15, -0.1) is 0 Å². The van der Waals surface area contributed by atoms with Crippen LogP contribution in [-0.4, -0.2) is 5.11 Å². The summed E-state index contributed by atoms with van der Waals surface area (Å²) < 4.78 is 39.5. The molecule has 2 aromatic carbocycles. The van der Waals surface area contributed by atoms with E-state index < -0.39 is 11.7 Å². The third-order valence-electron chi connectivity index (χ3n) is 4.03. The molecule has 2 aromatic rings. The summed E-state index contributed by atoms with van der Waals surface area (Å²) in [5.41, 5.74) is 0.799. The van der Waals surface area contributed by atoms with Crippen molar-refractivity contribution in [3.05, 3.63) is 58.7 Å². The molecule has 1 aliphatic carbocycles. The second-order valence-corrected chi connectivity index (χ2v) is 5.45. The lowest BCUT2D eigenvalue weighted by Crippen LogP contribution is -2.14. The van der Waals surface area contributed by atoms with Gasteiger partial charge in [0.1, 0.15) is 5.75 Å². The first kappa shape index (κ1) is 15.2. The molecule has 0 radical (unpaired) electrons. The molecule has 3 nitrogen and oxygen atoms in total. The number of phenolic OH excluding ortho intramolecular Hbond substituents is 1. The summed E-state index contributed by atoms with van der Waals surface area (Å²) in [7, 11) is 0. The lowest BCUT2D eigenvalue weighted by atomic mass is 10.0. The average Bonchev–Trinajstić information content (AvgIpc) is 2.90. The van der Waals surface area contributed by atoms with Crippen molar-refractivity contribution in [2.75, 3.05) is 5.32 Å². The van der Waals surface area contributed by atoms with Gasteiger partial charge in [0.25, 0.3) is 0 Å². The minimum absolute atomic E-state index is 0.113. The fourth-order valence-electron chi connectivity index (χ4n) is 2.95. The maximum absolute atomic E-state index is 13.2. The van der Waals surface area contributed by atoms with Gasteiger partial charge in [-0.1, -0.05) is 12.1 Å². The van der Waals surface area contributed by atoms with Crippen molar-refractivity contribution < 1.29 is 18.3 Å². The van der Waals surface area contributed by atoms with E-state index in [4.69, 9.17) is 5.26 Å². The first-order valence-electron chi connectivity index (χ1n) is 7.09. The van der Waals surface area contributed by atoms with Crippen LogP contribution >= 0.6 is 0 Å². The zero-order valence-electron chi connectivity index (χ0n) is 12.0. The number of anilines is 1. The molecular weight excluding hydrogens is 305 g/mol. The molecule has 0 fully saturated rings. The summed E-state index contributed by atoms with van der Waals surface area (Å²) in [4.78, 5) is 0. The molecule has 2 N–H and O–H groups in total. The summed E-state index contributed by atoms with van der Waals surface area (Å²) in [6, 6.07) is 9.84. The van der Waals surface area contributed by atoms with Crippen molar-refractivity contribution in [1.82, 2.24) is 0 Å². The Morgan fingerprint density at radius 3 is 2.70 bits per heavy atom. The SMILES string of the molecule is N#Cc1ccc(C(F)(F)F)c(NC2CCc3c(O)cccc32)c1. The number of phenols is 1. The van der Waals surface area contributed by atoms with Gasteiger partial charge in [-0.25, -0.2) is 0 Å². The molecule has 118 valence electrons. The van der Waals surface area contributed by atoms with Gasteiger partial charge in [0, 0.05) is 5.69 Å². The van der Waals surface area contributed by atoms with Crippen LogP contribution in [-0.2, 0) is 12.6 Å². The number of benzene rings is 2. The predicted octanol–water partition coefficient (Wildman–Crippen LogP) is 4.38. The first-order chi connectivity index (χ1) is 10.9. The van der Waals surface area contributed by atoms with Crippen LogP contribution in [0.15, 0.2) is 36.4 Å². The molecule has 1 aliphatic rings. The minimum Gasteiger partial charge on any atom is -0.508 e. The Morgan fingerprint density at radius 2 is 2.00 bits per heavy atom. The van der Waals surface area contributed by atoms with Gasteiger partial charge in [0.2, 0.25) is 0 Å². The van der Waals surface area contributed by atoms with Crippen LogP contribution in [0.1, 0.15) is 34.7 Å². The fraction of sp³-hybridized carbons (Fsp3) is 0.235. The normalized spacial score (nSPS) is 16.7. The monoisotopic (exact) mass is 318 g/mol. The third kappa shape index (κ3) is 2.82. The van der Waals surface area contributed by atoms with Crippen LogP contribution in [0.25, 0.3) is 0 Å². The molecular formula is C17H13F3N2O. The Hall–Kier alpha value is -2.68. The number of halogens is 3. The molecule has 0 amide bonds. The van der Waals surface area contributed by atoms with Gasteiger partial charge in [0.05, 0.1) is 23.2 Å². The van der Waals surface area contributed by atoms with E-state index in [1.165, 1.54) is 6.07 Å². The highest BCUT2D eigenvalue weighted by molar-refractivity contribution is 5.59. The summed E-state index contributed by atoms with van der Waals surface area (Å²) >= 11 is 0. The quantitative estimate of drug-likeness (QED) is 0.864. The molecule has 1 atom stereocenters. The Balaban J connectivity index is 1.99. The second kappa shape index (κ2) is 5.51. The van der Waals surface area contributed by atoms with E-state index in [0.29, 0.717) is 12.8 Å². The van der Waals surface area contributed by atoms with Crippen LogP contribution in [0.4, 0.5) is 18.9 Å². The number of alkyl halides is 3. The van der Waals surface area contributed by atoms with Gasteiger partial charge >= 0.3 is 6.18 Å². The van der Waals surface area contributed by atoms with E-state index in [2.05, 4.69) is 5.32 Å². The van der Waals surface area contributed by atoms with E-state index in [9.17, 15) is 18.3 Å². The smallest absolute Gasteiger partial charge is 0.418 e. The van der Waals surface area contributed by atoms with Crippen LogP contribution in [0.3, 0.4) is 0 Å². The molecule has 0 saturated heterocycles. The van der Waals surface area contributed by atoms with Crippen molar-refractivity contribution >= 4 is 5.69 Å². The third-order valence-corrected chi connectivity index (χ3v) is 4.03. The summed E-state index contributed by atoms with van der Waals surface area (Å²) in [5, 5.41) is 21.6. The van der Waals surface area contributed by atoms with Crippen LogP contribution in [0.2, 0.25) is 0 Å². The number of nitrogens with one attached hydrogen (secondary N) is 1. The van der Waals surface area contributed by atoms with Crippen LogP contribution in [0, 0.1) is 11.3 Å². The Kier molecular flexibility index (Phi) is 3.64. The zero-order chi connectivity index (χ0) is 16.6. The van der Waals surface area contributed by atoms with Gasteiger partial charge in [-0.05, 0) is 48.2 Å². The predicted molar refractivity (Wildman–Crippen MR) is 79.0 cm³/mol. The summed E-state index contributed by atoms with van der Waals surface area (Å²) in [5.74, 6) is 0.161. The number of hydrogen-bond acceptors (Lipinski definition) is 3. The Morgan fingerprint density at radius 1 is 1.22 bits per heavy atom. The highest BCUT2D eigenvalue weighted by atomic mass is 19.4. The molecule has 0 aromatic heterocycles. The lowest BCUT2D eigenvalue weighted by molar-refractivity contribution is -0.137. The largest absolute Gasteiger partial charge is 0.508 e. The molecule has 6 heteroatoms. The van der Waals surface area contributed by atoms with Crippen molar-refractivity contribution in [3.63, 3.8) is 0 Å². The second-order valence-electron chi connectivity index (χ2n) is 5.45. The standard InChI is InChI=1S/C17H13F3N2O/c18-17(19,20)13-6-4-10(9-21)8-15(13)22-14-7-5-12-11(14)2-1-3-16(12)23/h1-4,6,8,14,22-23H,5,7H2. The van der Waals surface area contributed by atoms with Gasteiger partial charge in [-0.3, -0.25) is 0 Å². The number of aromatic hydroxyl groups is 1. The van der Waals surface area contributed by atoms with E-state index >= 15 is 0 Å². The molecule has 0 spiro atoms. The number of hydrogen-bond donors (Lipinski definition) is 2. The molecule has 1 unspecified atom stereocenters.